The van der Waals surface area contributed by atoms with Crippen molar-refractivity contribution in [1.82, 2.24) is 0 Å². The van der Waals surface area contributed by atoms with Gasteiger partial charge >= 0.3 is 11.9 Å². The SMILES string of the molecule is CC(=O)Oc1c(O)c(O)c(C(C)=O)c(C(=O)O)c1C(C)=O. The van der Waals surface area contributed by atoms with Crippen LogP contribution in [0.25, 0.3) is 0 Å². The zero-order valence-electron chi connectivity index (χ0n) is 11.4. The molecule has 0 aromatic heterocycles. The van der Waals surface area contributed by atoms with Gasteiger partial charge in [0.25, 0.3) is 0 Å². The molecule has 0 heterocycles. The molecule has 0 aliphatic carbocycles. The Bertz CT molecular complexity index is 671. The Morgan fingerprint density at radius 2 is 1.29 bits per heavy atom. The number of hydrogen-bond donors (Lipinski definition) is 3. The van der Waals surface area contributed by atoms with Crippen LogP contribution in [0.3, 0.4) is 0 Å². The van der Waals surface area contributed by atoms with Gasteiger partial charge in [-0.15, -0.1) is 0 Å². The lowest BCUT2D eigenvalue weighted by atomic mass is 9.93. The summed E-state index contributed by atoms with van der Waals surface area (Å²) in [6, 6.07) is 0. The highest BCUT2D eigenvalue weighted by Crippen LogP contribution is 2.44. The molecule has 0 aliphatic rings. The number of aromatic carboxylic acids is 1. The van der Waals surface area contributed by atoms with Crippen molar-refractivity contribution in [1.29, 1.82) is 0 Å². The molecule has 0 bridgehead atoms. The molecule has 0 spiro atoms. The van der Waals surface area contributed by atoms with Gasteiger partial charge in [0.1, 0.15) is 0 Å². The summed E-state index contributed by atoms with van der Waals surface area (Å²) in [5, 5.41) is 28.7. The summed E-state index contributed by atoms with van der Waals surface area (Å²) in [4.78, 5) is 45.5. The van der Waals surface area contributed by atoms with Crippen molar-refractivity contribution >= 4 is 23.5 Å². The molecule has 1 rings (SSSR count). The van der Waals surface area contributed by atoms with Crippen LogP contribution < -0.4 is 4.74 Å². The van der Waals surface area contributed by atoms with Crippen molar-refractivity contribution in [2.24, 2.45) is 0 Å². The number of Topliss-reactive ketones (excluding diaryl/α,β-unsaturated/α-hetero) is 2. The largest absolute Gasteiger partial charge is 0.504 e. The van der Waals surface area contributed by atoms with Crippen LogP contribution in [0.5, 0.6) is 17.2 Å². The van der Waals surface area contributed by atoms with Crippen LogP contribution in [0.1, 0.15) is 51.8 Å². The van der Waals surface area contributed by atoms with Crippen LogP contribution in [-0.2, 0) is 4.79 Å². The number of carboxylic acids is 1. The molecule has 1 aromatic rings. The van der Waals surface area contributed by atoms with Gasteiger partial charge in [-0.1, -0.05) is 0 Å². The molecule has 8 heteroatoms. The minimum Gasteiger partial charge on any atom is -0.504 e. The number of hydrogen-bond acceptors (Lipinski definition) is 7. The van der Waals surface area contributed by atoms with Crippen molar-refractivity contribution in [3.05, 3.63) is 16.7 Å². The van der Waals surface area contributed by atoms with E-state index in [-0.39, 0.29) is 0 Å². The molecule has 0 fully saturated rings. The van der Waals surface area contributed by atoms with Gasteiger partial charge in [-0.3, -0.25) is 14.4 Å². The van der Waals surface area contributed by atoms with E-state index in [1.807, 2.05) is 0 Å². The topological polar surface area (TPSA) is 138 Å². The molecule has 0 aliphatic heterocycles. The first-order valence-corrected chi connectivity index (χ1v) is 5.65. The highest BCUT2D eigenvalue weighted by Gasteiger charge is 2.33. The van der Waals surface area contributed by atoms with Crippen molar-refractivity contribution in [3.63, 3.8) is 0 Å². The second-order valence-electron chi connectivity index (χ2n) is 4.16. The number of aromatic hydroxyl groups is 2. The molecule has 3 N–H and O–H groups in total. The first-order chi connectivity index (χ1) is 9.59. The van der Waals surface area contributed by atoms with Crippen molar-refractivity contribution < 1.29 is 39.2 Å². The fourth-order valence-electron chi connectivity index (χ4n) is 1.84. The third-order valence-corrected chi connectivity index (χ3v) is 2.57. The molecule has 0 radical (unpaired) electrons. The molecule has 0 unspecified atom stereocenters. The molecule has 0 amide bonds. The standard InChI is InChI=1S/C13H12O8/c1-4(14)7-9(13(19)20)8(5(2)15)12(21-6(3)16)11(18)10(7)17/h17-18H,1-3H3,(H,19,20). The first-order valence-electron chi connectivity index (χ1n) is 5.65. The number of benzene rings is 1. The Morgan fingerprint density at radius 1 is 0.810 bits per heavy atom. The van der Waals surface area contributed by atoms with Crippen LogP contribution in [0.2, 0.25) is 0 Å². The lowest BCUT2D eigenvalue weighted by Gasteiger charge is -2.16. The molecular weight excluding hydrogens is 284 g/mol. The normalized spacial score (nSPS) is 10.0. The lowest BCUT2D eigenvalue weighted by molar-refractivity contribution is -0.132. The summed E-state index contributed by atoms with van der Waals surface area (Å²) in [5.74, 6) is -7.28. The smallest absolute Gasteiger partial charge is 0.337 e. The van der Waals surface area contributed by atoms with Crippen molar-refractivity contribution in [3.8, 4) is 17.2 Å². The summed E-state index contributed by atoms with van der Waals surface area (Å²) in [7, 11) is 0. The van der Waals surface area contributed by atoms with E-state index < -0.39 is 57.4 Å². The molecular formula is C13H12O8. The summed E-state index contributed by atoms with van der Waals surface area (Å²) >= 11 is 0. The van der Waals surface area contributed by atoms with E-state index in [4.69, 9.17) is 0 Å². The van der Waals surface area contributed by atoms with Crippen LogP contribution in [0.4, 0.5) is 0 Å². The molecule has 0 saturated heterocycles. The summed E-state index contributed by atoms with van der Waals surface area (Å²) < 4.78 is 4.60. The summed E-state index contributed by atoms with van der Waals surface area (Å²) in [5.41, 5.74) is -2.24. The third kappa shape index (κ3) is 2.83. The number of phenolic OH excluding ortho intramolecular Hbond substituents is 2. The zero-order valence-corrected chi connectivity index (χ0v) is 11.4. The Balaban J connectivity index is 4.01. The predicted octanol–water partition coefficient (Wildman–Crippen LogP) is 1.13. The number of phenols is 2. The van der Waals surface area contributed by atoms with Gasteiger partial charge in [0, 0.05) is 6.92 Å². The minimum absolute atomic E-state index is 0.668. The highest BCUT2D eigenvalue weighted by atomic mass is 16.5. The Morgan fingerprint density at radius 3 is 1.62 bits per heavy atom. The second kappa shape index (κ2) is 5.61. The Kier molecular flexibility index (Phi) is 4.32. The van der Waals surface area contributed by atoms with E-state index in [2.05, 4.69) is 4.74 Å². The minimum atomic E-state index is -1.69. The van der Waals surface area contributed by atoms with E-state index in [1.165, 1.54) is 0 Å². The number of ether oxygens (including phenoxy) is 1. The van der Waals surface area contributed by atoms with Gasteiger partial charge in [-0.25, -0.2) is 4.79 Å². The second-order valence-corrected chi connectivity index (χ2v) is 4.16. The van der Waals surface area contributed by atoms with Gasteiger partial charge in [-0.05, 0) is 13.8 Å². The summed E-state index contributed by atoms with van der Waals surface area (Å²) in [6.07, 6.45) is 0. The lowest BCUT2D eigenvalue weighted by Crippen LogP contribution is -2.16. The zero-order chi connectivity index (χ0) is 16.5. The van der Waals surface area contributed by atoms with E-state index in [0.29, 0.717) is 0 Å². The maximum atomic E-state index is 11.7. The fourth-order valence-corrected chi connectivity index (χ4v) is 1.84. The molecule has 1 aromatic carbocycles. The Labute approximate surface area is 118 Å². The van der Waals surface area contributed by atoms with Crippen LogP contribution in [-0.4, -0.2) is 38.8 Å². The third-order valence-electron chi connectivity index (χ3n) is 2.57. The van der Waals surface area contributed by atoms with E-state index in [1.54, 1.807) is 0 Å². The molecule has 0 atom stereocenters. The monoisotopic (exact) mass is 296 g/mol. The van der Waals surface area contributed by atoms with Crippen LogP contribution >= 0.6 is 0 Å². The van der Waals surface area contributed by atoms with Crippen molar-refractivity contribution in [2.45, 2.75) is 20.8 Å². The highest BCUT2D eigenvalue weighted by molar-refractivity contribution is 6.16. The maximum absolute atomic E-state index is 11.7. The molecule has 8 nitrogen and oxygen atoms in total. The number of rotatable bonds is 4. The Hall–Kier alpha value is -2.90. The van der Waals surface area contributed by atoms with Crippen LogP contribution in [0, 0.1) is 0 Å². The predicted molar refractivity (Wildman–Crippen MR) is 68.0 cm³/mol. The molecule has 0 saturated carbocycles. The molecule has 21 heavy (non-hydrogen) atoms. The maximum Gasteiger partial charge on any atom is 0.337 e. The van der Waals surface area contributed by atoms with Gasteiger partial charge in [0.15, 0.2) is 23.1 Å². The number of carbonyl (C=O) groups excluding carboxylic acids is 3. The van der Waals surface area contributed by atoms with Gasteiger partial charge < -0.3 is 20.1 Å². The number of ketones is 2. The molecule has 112 valence electrons. The number of esters is 1. The fraction of sp³-hybridized carbons (Fsp3) is 0.231. The van der Waals surface area contributed by atoms with Crippen LogP contribution in [0.15, 0.2) is 0 Å². The summed E-state index contributed by atoms with van der Waals surface area (Å²) in [6.45, 7) is 2.88. The average Bonchev–Trinajstić information content (AvgIpc) is 2.32. The van der Waals surface area contributed by atoms with Gasteiger partial charge in [0.05, 0.1) is 16.7 Å². The quantitative estimate of drug-likeness (QED) is 0.325. The van der Waals surface area contributed by atoms with Gasteiger partial charge in [-0.2, -0.15) is 0 Å². The first kappa shape index (κ1) is 16.2. The van der Waals surface area contributed by atoms with E-state index in [9.17, 15) is 34.5 Å². The number of carboxylic acid groups (broad SMARTS) is 1. The van der Waals surface area contributed by atoms with Gasteiger partial charge in [0.2, 0.25) is 5.75 Å². The van der Waals surface area contributed by atoms with E-state index in [0.717, 1.165) is 20.8 Å². The average molecular weight is 296 g/mol. The van der Waals surface area contributed by atoms with Crippen molar-refractivity contribution in [2.75, 3.05) is 0 Å². The van der Waals surface area contributed by atoms with E-state index >= 15 is 0 Å². The number of carbonyl (C=O) groups is 4.